The molecule has 104 valence electrons. The lowest BCUT2D eigenvalue weighted by atomic mass is 10.0. The summed E-state index contributed by atoms with van der Waals surface area (Å²) in [6.45, 7) is 3.87. The van der Waals surface area contributed by atoms with Gasteiger partial charge in [0.2, 0.25) is 5.82 Å². The zero-order valence-corrected chi connectivity index (χ0v) is 10.9. The molecule has 0 amide bonds. The van der Waals surface area contributed by atoms with Gasteiger partial charge >= 0.3 is 11.7 Å². The van der Waals surface area contributed by atoms with Gasteiger partial charge in [-0.3, -0.25) is 14.9 Å². The lowest BCUT2D eigenvalue weighted by Gasteiger charge is -2.14. The number of aliphatic carboxylic acids is 1. The average molecular weight is 267 g/mol. The highest BCUT2D eigenvalue weighted by molar-refractivity contribution is 5.67. The Morgan fingerprint density at radius 1 is 1.63 bits per heavy atom. The van der Waals surface area contributed by atoms with Gasteiger partial charge in [-0.25, -0.2) is 4.98 Å². The van der Waals surface area contributed by atoms with Crippen LogP contribution in [0.4, 0.5) is 11.5 Å². The van der Waals surface area contributed by atoms with Crippen molar-refractivity contribution in [2.75, 3.05) is 11.9 Å². The zero-order valence-electron chi connectivity index (χ0n) is 10.9. The minimum atomic E-state index is -0.875. The molecular formula is C12H17N3O4. The fraction of sp³-hybridized carbons (Fsp3) is 0.500. The van der Waals surface area contributed by atoms with Crippen molar-refractivity contribution in [1.29, 1.82) is 0 Å². The topological polar surface area (TPSA) is 105 Å². The molecule has 1 aromatic heterocycles. The van der Waals surface area contributed by atoms with Gasteiger partial charge < -0.3 is 10.4 Å². The van der Waals surface area contributed by atoms with Crippen molar-refractivity contribution in [2.45, 2.75) is 26.7 Å². The highest BCUT2D eigenvalue weighted by Crippen LogP contribution is 2.25. The second-order valence-corrected chi connectivity index (χ2v) is 4.34. The summed E-state index contributed by atoms with van der Waals surface area (Å²) >= 11 is 0. The molecule has 0 radical (unpaired) electrons. The first-order valence-corrected chi connectivity index (χ1v) is 6.01. The van der Waals surface area contributed by atoms with Gasteiger partial charge in [0.1, 0.15) is 0 Å². The van der Waals surface area contributed by atoms with Crippen molar-refractivity contribution in [3.8, 4) is 0 Å². The van der Waals surface area contributed by atoms with Gasteiger partial charge in [-0.1, -0.05) is 13.3 Å². The van der Waals surface area contributed by atoms with Crippen LogP contribution < -0.4 is 5.32 Å². The molecule has 0 saturated carbocycles. The third-order valence-electron chi connectivity index (χ3n) is 2.91. The van der Waals surface area contributed by atoms with Crippen molar-refractivity contribution in [1.82, 2.24) is 4.98 Å². The third-order valence-corrected chi connectivity index (χ3v) is 2.91. The maximum Gasteiger partial charge on any atom is 0.314 e. The maximum absolute atomic E-state index is 11.0. The molecular weight excluding hydrogens is 250 g/mol. The summed E-state index contributed by atoms with van der Waals surface area (Å²) in [6, 6.07) is 1.57. The Morgan fingerprint density at radius 3 is 2.84 bits per heavy atom. The van der Waals surface area contributed by atoms with Crippen LogP contribution >= 0.6 is 0 Å². The van der Waals surface area contributed by atoms with E-state index in [0.29, 0.717) is 18.5 Å². The number of carbonyl (C=O) groups is 1. The van der Waals surface area contributed by atoms with E-state index in [0.717, 1.165) is 0 Å². The van der Waals surface area contributed by atoms with E-state index in [1.807, 2.05) is 6.92 Å². The molecule has 0 aliphatic heterocycles. The van der Waals surface area contributed by atoms with E-state index in [-0.39, 0.29) is 23.8 Å². The van der Waals surface area contributed by atoms with Gasteiger partial charge in [0.05, 0.1) is 4.92 Å². The number of rotatable bonds is 7. The van der Waals surface area contributed by atoms with Crippen LogP contribution in [0.2, 0.25) is 0 Å². The van der Waals surface area contributed by atoms with Gasteiger partial charge in [0, 0.05) is 24.7 Å². The van der Waals surface area contributed by atoms with Crippen molar-refractivity contribution in [3.63, 3.8) is 0 Å². The Labute approximate surface area is 110 Å². The second kappa shape index (κ2) is 6.67. The third kappa shape index (κ3) is 4.20. The molecule has 1 rings (SSSR count). The van der Waals surface area contributed by atoms with E-state index in [4.69, 9.17) is 5.11 Å². The molecule has 7 nitrogen and oxygen atoms in total. The van der Waals surface area contributed by atoms with Crippen molar-refractivity contribution in [2.24, 2.45) is 5.92 Å². The minimum Gasteiger partial charge on any atom is -0.481 e. The summed E-state index contributed by atoms with van der Waals surface area (Å²) in [5.41, 5.74) is 0.460. The summed E-state index contributed by atoms with van der Waals surface area (Å²) in [4.78, 5) is 25.1. The smallest absolute Gasteiger partial charge is 0.314 e. The molecule has 0 saturated heterocycles. The standard InChI is InChI=1S/C12H17N3O4/c1-3-9(6-10(16)17)7-14-12-11(15(18)19)8(2)4-5-13-12/h4-5,9H,3,6-7H2,1-2H3,(H,13,14)(H,16,17). The van der Waals surface area contributed by atoms with Crippen molar-refractivity contribution < 1.29 is 14.8 Å². The molecule has 0 bridgehead atoms. The summed E-state index contributed by atoms with van der Waals surface area (Å²) in [7, 11) is 0. The Morgan fingerprint density at radius 2 is 2.32 bits per heavy atom. The first-order valence-electron chi connectivity index (χ1n) is 6.01. The largest absolute Gasteiger partial charge is 0.481 e. The summed E-state index contributed by atoms with van der Waals surface area (Å²) < 4.78 is 0. The zero-order chi connectivity index (χ0) is 14.4. The highest BCUT2D eigenvalue weighted by Gasteiger charge is 2.19. The highest BCUT2D eigenvalue weighted by atomic mass is 16.6. The number of nitrogens with one attached hydrogen (secondary N) is 1. The van der Waals surface area contributed by atoms with Gasteiger partial charge in [-0.15, -0.1) is 0 Å². The molecule has 0 fully saturated rings. The van der Waals surface area contributed by atoms with Crippen LogP contribution in [-0.2, 0) is 4.79 Å². The number of hydrogen-bond donors (Lipinski definition) is 2. The molecule has 0 aliphatic rings. The van der Waals surface area contributed by atoms with E-state index in [1.165, 1.54) is 6.20 Å². The van der Waals surface area contributed by atoms with Gasteiger partial charge in [0.25, 0.3) is 0 Å². The van der Waals surface area contributed by atoms with Crippen molar-refractivity contribution in [3.05, 3.63) is 27.9 Å². The second-order valence-electron chi connectivity index (χ2n) is 4.34. The molecule has 1 aromatic rings. The van der Waals surface area contributed by atoms with Crippen LogP contribution in [-0.4, -0.2) is 27.5 Å². The Hall–Kier alpha value is -2.18. The van der Waals surface area contributed by atoms with E-state index in [9.17, 15) is 14.9 Å². The fourth-order valence-electron chi connectivity index (χ4n) is 1.76. The lowest BCUT2D eigenvalue weighted by molar-refractivity contribution is -0.384. The Balaban J connectivity index is 2.79. The molecule has 1 unspecified atom stereocenters. The van der Waals surface area contributed by atoms with E-state index in [2.05, 4.69) is 10.3 Å². The van der Waals surface area contributed by atoms with E-state index in [1.54, 1.807) is 13.0 Å². The number of nitrogens with zero attached hydrogens (tertiary/aromatic N) is 2. The molecule has 1 atom stereocenters. The van der Waals surface area contributed by atoms with Crippen LogP contribution in [0.5, 0.6) is 0 Å². The number of nitro groups is 1. The van der Waals surface area contributed by atoms with E-state index < -0.39 is 10.9 Å². The normalized spacial score (nSPS) is 11.9. The molecule has 2 N–H and O–H groups in total. The quantitative estimate of drug-likeness (QED) is 0.579. The van der Waals surface area contributed by atoms with Crippen LogP contribution in [0, 0.1) is 23.0 Å². The first kappa shape index (κ1) is 14.9. The Kier molecular flexibility index (Phi) is 5.23. The van der Waals surface area contributed by atoms with Gasteiger partial charge in [0.15, 0.2) is 0 Å². The molecule has 7 heteroatoms. The SMILES string of the molecule is CCC(CNc1nccc(C)c1[N+](=O)[O-])CC(=O)O. The predicted molar refractivity (Wildman–Crippen MR) is 70.2 cm³/mol. The van der Waals surface area contributed by atoms with E-state index >= 15 is 0 Å². The molecule has 0 aliphatic carbocycles. The van der Waals surface area contributed by atoms with Gasteiger partial charge in [-0.2, -0.15) is 0 Å². The molecule has 0 aromatic carbocycles. The number of carboxylic acid groups (broad SMARTS) is 1. The number of carboxylic acids is 1. The van der Waals surface area contributed by atoms with Crippen LogP contribution in [0.1, 0.15) is 25.3 Å². The Bertz CT molecular complexity index is 476. The first-order chi connectivity index (χ1) is 8.95. The van der Waals surface area contributed by atoms with Crippen molar-refractivity contribution >= 4 is 17.5 Å². The van der Waals surface area contributed by atoms with Crippen LogP contribution in [0.25, 0.3) is 0 Å². The molecule has 19 heavy (non-hydrogen) atoms. The summed E-state index contributed by atoms with van der Waals surface area (Å²) in [5, 5.41) is 22.6. The number of aryl methyl sites for hydroxylation is 1. The minimum absolute atomic E-state index is 0.0309. The number of aromatic nitrogens is 1. The van der Waals surface area contributed by atoms with Crippen LogP contribution in [0.15, 0.2) is 12.3 Å². The monoisotopic (exact) mass is 267 g/mol. The summed E-state index contributed by atoms with van der Waals surface area (Å²) in [6.07, 6.45) is 2.20. The molecule has 1 heterocycles. The number of anilines is 1. The maximum atomic E-state index is 11.0. The number of hydrogen-bond acceptors (Lipinski definition) is 5. The predicted octanol–water partition coefficient (Wildman–Crippen LogP) is 2.21. The number of pyridine rings is 1. The summed E-state index contributed by atoms with van der Waals surface area (Å²) in [5.74, 6) is -0.770. The van der Waals surface area contributed by atoms with Gasteiger partial charge in [-0.05, 0) is 18.9 Å². The van der Waals surface area contributed by atoms with Crippen LogP contribution in [0.3, 0.4) is 0 Å². The molecule has 0 spiro atoms. The lowest BCUT2D eigenvalue weighted by Crippen LogP contribution is -2.18. The fourth-order valence-corrected chi connectivity index (χ4v) is 1.76. The average Bonchev–Trinajstić information content (AvgIpc) is 2.33.